The Morgan fingerprint density at radius 3 is 2.53 bits per heavy atom. The highest BCUT2D eigenvalue weighted by atomic mass is 15.1. The van der Waals surface area contributed by atoms with Crippen molar-refractivity contribution in [2.24, 2.45) is 0 Å². The molecule has 0 bridgehead atoms. The molecule has 0 saturated carbocycles. The van der Waals surface area contributed by atoms with Crippen molar-refractivity contribution in [3.8, 4) is 5.69 Å². The van der Waals surface area contributed by atoms with E-state index in [1.807, 2.05) is 13.8 Å². The van der Waals surface area contributed by atoms with Gasteiger partial charge < -0.3 is 0 Å². The minimum absolute atomic E-state index is 1.07. The zero-order chi connectivity index (χ0) is 14.1. The summed E-state index contributed by atoms with van der Waals surface area (Å²) in [5.41, 5.74) is 2.69. The fourth-order valence-corrected chi connectivity index (χ4v) is 2.07. The van der Waals surface area contributed by atoms with Crippen molar-refractivity contribution in [3.63, 3.8) is 0 Å². The van der Waals surface area contributed by atoms with Gasteiger partial charge in [-0.1, -0.05) is 52.3 Å². The maximum absolute atomic E-state index is 2.26. The molecule has 0 aliphatic heterocycles. The Kier molecular flexibility index (Phi) is 6.94. The molecule has 0 unspecified atom stereocenters. The van der Waals surface area contributed by atoms with Gasteiger partial charge in [0.15, 0.2) is 0 Å². The second-order valence-corrected chi connectivity index (χ2v) is 4.39. The van der Waals surface area contributed by atoms with Gasteiger partial charge in [0.2, 0.25) is 6.33 Å². The molecule has 104 valence electrons. The van der Waals surface area contributed by atoms with E-state index in [0.717, 1.165) is 13.0 Å². The number of hydrogen-bond donors (Lipinski definition) is 0. The number of benzene rings is 1. The molecule has 1 aromatic carbocycles. The van der Waals surface area contributed by atoms with E-state index < -0.39 is 0 Å². The number of rotatable bonds is 5. The van der Waals surface area contributed by atoms with E-state index in [-0.39, 0.29) is 0 Å². The van der Waals surface area contributed by atoms with Crippen LogP contribution >= 0.6 is 0 Å². The van der Waals surface area contributed by atoms with E-state index in [4.69, 9.17) is 0 Å². The van der Waals surface area contributed by atoms with Crippen LogP contribution in [0.3, 0.4) is 0 Å². The van der Waals surface area contributed by atoms with Crippen molar-refractivity contribution in [1.29, 1.82) is 0 Å². The van der Waals surface area contributed by atoms with Gasteiger partial charge in [-0.2, -0.15) is 0 Å². The second-order valence-electron chi connectivity index (χ2n) is 4.39. The predicted octanol–water partition coefficient (Wildman–Crippen LogP) is 4.15. The average molecular weight is 259 g/mol. The maximum atomic E-state index is 2.26. The highest BCUT2D eigenvalue weighted by molar-refractivity contribution is 5.40. The number of imidazole rings is 1. The van der Waals surface area contributed by atoms with Crippen LogP contribution in [0, 0.1) is 0 Å². The van der Waals surface area contributed by atoms with Crippen molar-refractivity contribution >= 4 is 0 Å². The highest BCUT2D eigenvalue weighted by Crippen LogP contribution is 2.13. The summed E-state index contributed by atoms with van der Waals surface area (Å²) in [7, 11) is 0. The van der Waals surface area contributed by atoms with Crippen LogP contribution in [-0.2, 0) is 13.0 Å². The summed E-state index contributed by atoms with van der Waals surface area (Å²) in [5, 5.41) is 0. The van der Waals surface area contributed by atoms with Gasteiger partial charge in [-0.3, -0.25) is 0 Å². The Bertz CT molecular complexity index is 472. The molecule has 0 spiro atoms. The van der Waals surface area contributed by atoms with Crippen molar-refractivity contribution < 1.29 is 4.57 Å². The Balaban J connectivity index is 0.000000861. The predicted molar refractivity (Wildman–Crippen MR) is 81.6 cm³/mol. The van der Waals surface area contributed by atoms with Gasteiger partial charge in [0.25, 0.3) is 0 Å². The summed E-state index contributed by atoms with van der Waals surface area (Å²) < 4.78 is 4.48. The summed E-state index contributed by atoms with van der Waals surface area (Å²) in [6.45, 7) is 9.54. The summed E-state index contributed by atoms with van der Waals surface area (Å²) >= 11 is 0. The first-order valence-corrected chi connectivity index (χ1v) is 7.50. The fourth-order valence-electron chi connectivity index (χ4n) is 2.07. The van der Waals surface area contributed by atoms with E-state index in [2.05, 4.69) is 66.0 Å². The summed E-state index contributed by atoms with van der Waals surface area (Å²) in [5.74, 6) is 0. The van der Waals surface area contributed by atoms with Gasteiger partial charge in [0.05, 0.1) is 6.54 Å². The Morgan fingerprint density at radius 2 is 1.84 bits per heavy atom. The lowest BCUT2D eigenvalue weighted by atomic mass is 10.1. The first-order valence-electron chi connectivity index (χ1n) is 7.50. The molecule has 0 aliphatic rings. The number of aryl methyl sites for hydroxylation is 2. The lowest BCUT2D eigenvalue weighted by Crippen LogP contribution is -2.30. The standard InChI is InChI=1S/C15H21N2.C2H6/c1-3-5-10-16-11-12-17(13-16)15-9-7-6-8-14(15)4-2;1-2/h6-9,11-13H,3-5,10H2,1-2H3;1-2H3/q+1;. The molecule has 0 amide bonds. The van der Waals surface area contributed by atoms with Crippen molar-refractivity contribution in [3.05, 3.63) is 48.5 Å². The minimum atomic E-state index is 1.07. The molecule has 2 rings (SSSR count). The molecule has 0 saturated heterocycles. The Hall–Kier alpha value is -1.57. The molecular formula is C17H27N2+. The van der Waals surface area contributed by atoms with E-state index in [1.54, 1.807) is 0 Å². The van der Waals surface area contributed by atoms with Crippen molar-refractivity contribution in [2.75, 3.05) is 0 Å². The Labute approximate surface area is 117 Å². The molecule has 0 atom stereocenters. The van der Waals surface area contributed by atoms with Gasteiger partial charge in [-0.25, -0.2) is 9.13 Å². The third-order valence-electron chi connectivity index (χ3n) is 3.11. The van der Waals surface area contributed by atoms with Crippen LogP contribution in [0.4, 0.5) is 0 Å². The van der Waals surface area contributed by atoms with E-state index in [1.165, 1.54) is 24.1 Å². The topological polar surface area (TPSA) is 8.81 Å². The lowest BCUT2D eigenvalue weighted by molar-refractivity contribution is -0.696. The quantitative estimate of drug-likeness (QED) is 0.713. The van der Waals surface area contributed by atoms with Crippen LogP contribution in [0.15, 0.2) is 43.0 Å². The van der Waals surface area contributed by atoms with Gasteiger partial charge in [-0.15, -0.1) is 0 Å². The third kappa shape index (κ3) is 4.23. The van der Waals surface area contributed by atoms with Crippen LogP contribution in [0.5, 0.6) is 0 Å². The zero-order valence-electron chi connectivity index (χ0n) is 12.8. The molecule has 1 heterocycles. The molecule has 0 fully saturated rings. The van der Waals surface area contributed by atoms with Gasteiger partial charge in [0, 0.05) is 0 Å². The first-order chi connectivity index (χ1) is 9.35. The van der Waals surface area contributed by atoms with Gasteiger partial charge >= 0.3 is 0 Å². The van der Waals surface area contributed by atoms with Crippen LogP contribution in [0.25, 0.3) is 5.69 Å². The normalized spacial score (nSPS) is 9.89. The molecule has 2 nitrogen and oxygen atoms in total. The average Bonchev–Trinajstić information content (AvgIpc) is 2.96. The molecule has 2 aromatic rings. The van der Waals surface area contributed by atoms with E-state index >= 15 is 0 Å². The number of unbranched alkanes of at least 4 members (excludes halogenated alkanes) is 1. The smallest absolute Gasteiger partial charge is 0.236 e. The Morgan fingerprint density at radius 1 is 1.11 bits per heavy atom. The second kappa shape index (κ2) is 8.52. The zero-order valence-corrected chi connectivity index (χ0v) is 12.8. The molecule has 19 heavy (non-hydrogen) atoms. The van der Waals surface area contributed by atoms with E-state index in [9.17, 15) is 0 Å². The van der Waals surface area contributed by atoms with Crippen LogP contribution in [0.1, 0.15) is 46.1 Å². The molecule has 0 N–H and O–H groups in total. The van der Waals surface area contributed by atoms with Crippen LogP contribution < -0.4 is 4.57 Å². The highest BCUT2D eigenvalue weighted by Gasteiger charge is 2.09. The third-order valence-corrected chi connectivity index (χ3v) is 3.11. The summed E-state index contributed by atoms with van der Waals surface area (Å²) in [4.78, 5) is 0. The van der Waals surface area contributed by atoms with Gasteiger partial charge in [-0.05, 0) is 24.5 Å². The minimum Gasteiger partial charge on any atom is -0.236 e. The van der Waals surface area contributed by atoms with Gasteiger partial charge in [0.1, 0.15) is 18.1 Å². The SMILES string of the molecule is CC.CCCC[n+]1ccn(-c2ccccc2CC)c1. The number of aromatic nitrogens is 2. The summed E-state index contributed by atoms with van der Waals surface area (Å²) in [6.07, 6.45) is 10.0. The monoisotopic (exact) mass is 259 g/mol. The molecule has 1 aromatic heterocycles. The molecule has 2 heteroatoms. The molecule has 0 radical (unpaired) electrons. The number of para-hydroxylation sites is 1. The van der Waals surface area contributed by atoms with E-state index in [0.29, 0.717) is 0 Å². The number of hydrogen-bond acceptors (Lipinski definition) is 0. The van der Waals surface area contributed by atoms with Crippen LogP contribution in [0.2, 0.25) is 0 Å². The largest absolute Gasteiger partial charge is 0.248 e. The first kappa shape index (κ1) is 15.5. The maximum Gasteiger partial charge on any atom is 0.248 e. The fraction of sp³-hybridized carbons (Fsp3) is 0.471. The van der Waals surface area contributed by atoms with Crippen molar-refractivity contribution in [2.45, 2.75) is 53.5 Å². The summed E-state index contributed by atoms with van der Waals surface area (Å²) in [6, 6.07) is 8.59. The molecular weight excluding hydrogens is 232 g/mol. The number of nitrogens with zero attached hydrogens (tertiary/aromatic N) is 2. The van der Waals surface area contributed by atoms with Crippen LogP contribution in [-0.4, -0.2) is 4.57 Å². The lowest BCUT2D eigenvalue weighted by Gasteiger charge is -2.02. The molecule has 0 aliphatic carbocycles. The van der Waals surface area contributed by atoms with Crippen molar-refractivity contribution in [1.82, 2.24) is 4.57 Å².